The molecule has 1 atom stereocenters. The fourth-order valence-corrected chi connectivity index (χ4v) is 3.42. The molecule has 0 spiro atoms. The second-order valence-corrected chi connectivity index (χ2v) is 6.82. The van der Waals surface area contributed by atoms with Crippen molar-refractivity contribution in [2.45, 2.75) is 6.42 Å². The molecule has 0 fully saturated rings. The lowest BCUT2D eigenvalue weighted by Crippen LogP contribution is -2.39. The lowest BCUT2D eigenvalue weighted by atomic mass is 9.96. The SMILES string of the molecule is O=C(NCCOc1ccccc1-c1ccccc1)C1COc2ccccc2C1. The van der Waals surface area contributed by atoms with E-state index in [1.54, 1.807) is 0 Å². The number of benzene rings is 3. The molecule has 1 N–H and O–H groups in total. The molecule has 0 radical (unpaired) electrons. The van der Waals surface area contributed by atoms with E-state index in [0.29, 0.717) is 26.2 Å². The maximum Gasteiger partial charge on any atom is 0.227 e. The van der Waals surface area contributed by atoms with Crippen LogP contribution in [0, 0.1) is 5.92 Å². The Morgan fingerprint density at radius 2 is 1.71 bits per heavy atom. The number of fused-ring (bicyclic) bond motifs is 1. The van der Waals surface area contributed by atoms with Crippen LogP contribution in [0.1, 0.15) is 5.56 Å². The topological polar surface area (TPSA) is 47.6 Å². The molecule has 1 unspecified atom stereocenters. The van der Waals surface area contributed by atoms with Crippen molar-refractivity contribution in [3.63, 3.8) is 0 Å². The molecular weight excluding hydrogens is 350 g/mol. The Hall–Kier alpha value is -3.27. The predicted molar refractivity (Wildman–Crippen MR) is 110 cm³/mol. The van der Waals surface area contributed by atoms with Crippen molar-refractivity contribution < 1.29 is 14.3 Å². The second-order valence-electron chi connectivity index (χ2n) is 6.82. The largest absolute Gasteiger partial charge is 0.492 e. The van der Waals surface area contributed by atoms with Gasteiger partial charge in [-0.25, -0.2) is 0 Å². The van der Waals surface area contributed by atoms with Crippen LogP contribution in [-0.4, -0.2) is 25.7 Å². The van der Waals surface area contributed by atoms with Gasteiger partial charge in [0.25, 0.3) is 0 Å². The molecule has 0 aliphatic carbocycles. The molecule has 0 aromatic heterocycles. The Balaban J connectivity index is 1.29. The quantitative estimate of drug-likeness (QED) is 0.662. The maximum absolute atomic E-state index is 12.5. The molecule has 3 aromatic rings. The molecule has 28 heavy (non-hydrogen) atoms. The minimum absolute atomic E-state index is 0.00875. The van der Waals surface area contributed by atoms with Gasteiger partial charge in [-0.1, -0.05) is 66.7 Å². The Morgan fingerprint density at radius 1 is 0.964 bits per heavy atom. The van der Waals surface area contributed by atoms with E-state index >= 15 is 0 Å². The number of carbonyl (C=O) groups is 1. The van der Waals surface area contributed by atoms with Gasteiger partial charge in [0.05, 0.1) is 12.5 Å². The lowest BCUT2D eigenvalue weighted by Gasteiger charge is -2.24. The van der Waals surface area contributed by atoms with Crippen molar-refractivity contribution >= 4 is 5.91 Å². The van der Waals surface area contributed by atoms with E-state index in [2.05, 4.69) is 17.4 Å². The zero-order valence-corrected chi connectivity index (χ0v) is 15.6. The van der Waals surface area contributed by atoms with Gasteiger partial charge in [-0.15, -0.1) is 0 Å². The summed E-state index contributed by atoms with van der Waals surface area (Å²) in [5.41, 5.74) is 3.24. The van der Waals surface area contributed by atoms with Crippen LogP contribution in [0.5, 0.6) is 11.5 Å². The van der Waals surface area contributed by atoms with E-state index in [-0.39, 0.29) is 11.8 Å². The van der Waals surface area contributed by atoms with Gasteiger partial charge in [-0.05, 0) is 29.7 Å². The summed E-state index contributed by atoms with van der Waals surface area (Å²) < 4.78 is 11.6. The highest BCUT2D eigenvalue weighted by atomic mass is 16.5. The van der Waals surface area contributed by atoms with Gasteiger partial charge in [-0.3, -0.25) is 4.79 Å². The summed E-state index contributed by atoms with van der Waals surface area (Å²) in [4.78, 5) is 12.5. The highest BCUT2D eigenvalue weighted by Gasteiger charge is 2.25. The van der Waals surface area contributed by atoms with Gasteiger partial charge in [0.1, 0.15) is 24.7 Å². The molecule has 0 bridgehead atoms. The van der Waals surface area contributed by atoms with Crippen LogP contribution in [-0.2, 0) is 11.2 Å². The van der Waals surface area contributed by atoms with Crippen molar-refractivity contribution in [3.05, 3.63) is 84.4 Å². The Kier molecular flexibility index (Phi) is 5.57. The Morgan fingerprint density at radius 3 is 2.61 bits per heavy atom. The summed E-state index contributed by atoms with van der Waals surface area (Å²) in [6.45, 7) is 1.29. The summed E-state index contributed by atoms with van der Waals surface area (Å²) in [6, 6.07) is 26.0. The number of carbonyl (C=O) groups excluding carboxylic acids is 1. The van der Waals surface area contributed by atoms with Gasteiger partial charge >= 0.3 is 0 Å². The predicted octanol–water partition coefficient (Wildman–Crippen LogP) is 4.10. The Bertz CT molecular complexity index is 939. The monoisotopic (exact) mass is 373 g/mol. The molecule has 1 aliphatic heterocycles. The van der Waals surface area contributed by atoms with E-state index in [4.69, 9.17) is 9.47 Å². The highest BCUT2D eigenvalue weighted by molar-refractivity contribution is 5.79. The summed E-state index contributed by atoms with van der Waals surface area (Å²) in [6.07, 6.45) is 0.708. The van der Waals surface area contributed by atoms with Crippen molar-refractivity contribution in [2.75, 3.05) is 19.8 Å². The smallest absolute Gasteiger partial charge is 0.227 e. The minimum Gasteiger partial charge on any atom is -0.492 e. The van der Waals surface area contributed by atoms with Crippen LogP contribution < -0.4 is 14.8 Å². The summed E-state index contributed by atoms with van der Waals surface area (Å²) in [5, 5.41) is 2.97. The average Bonchev–Trinajstić information content (AvgIpc) is 2.77. The van der Waals surface area contributed by atoms with Crippen molar-refractivity contribution in [1.29, 1.82) is 0 Å². The highest BCUT2D eigenvalue weighted by Crippen LogP contribution is 2.29. The molecular formula is C24H23NO3. The van der Waals surface area contributed by atoms with Crippen LogP contribution in [0.4, 0.5) is 0 Å². The van der Waals surface area contributed by atoms with Gasteiger partial charge < -0.3 is 14.8 Å². The molecule has 3 aromatic carbocycles. The van der Waals surface area contributed by atoms with Crippen molar-refractivity contribution in [3.8, 4) is 22.6 Å². The van der Waals surface area contributed by atoms with Gasteiger partial charge in [-0.2, -0.15) is 0 Å². The zero-order chi connectivity index (χ0) is 19.2. The first-order valence-electron chi connectivity index (χ1n) is 9.57. The van der Waals surface area contributed by atoms with Gasteiger partial charge in [0, 0.05) is 5.56 Å². The first-order chi connectivity index (χ1) is 13.8. The molecule has 4 nitrogen and oxygen atoms in total. The number of rotatable bonds is 6. The third kappa shape index (κ3) is 4.17. The van der Waals surface area contributed by atoms with E-state index in [9.17, 15) is 4.79 Å². The zero-order valence-electron chi connectivity index (χ0n) is 15.6. The first-order valence-corrected chi connectivity index (χ1v) is 9.57. The van der Waals surface area contributed by atoms with Crippen LogP contribution in [0.2, 0.25) is 0 Å². The summed E-state index contributed by atoms with van der Waals surface area (Å²) >= 11 is 0. The number of hydrogen-bond donors (Lipinski definition) is 1. The van der Waals surface area contributed by atoms with E-state index < -0.39 is 0 Å². The average molecular weight is 373 g/mol. The number of ether oxygens (including phenoxy) is 2. The third-order valence-electron chi connectivity index (χ3n) is 4.88. The van der Waals surface area contributed by atoms with E-state index in [1.807, 2.05) is 66.7 Å². The van der Waals surface area contributed by atoms with Crippen LogP contribution in [0.15, 0.2) is 78.9 Å². The molecule has 1 amide bonds. The molecule has 0 saturated heterocycles. The normalized spacial score (nSPS) is 15.2. The summed E-state index contributed by atoms with van der Waals surface area (Å²) in [5.74, 6) is 1.55. The van der Waals surface area contributed by atoms with Crippen molar-refractivity contribution in [2.24, 2.45) is 5.92 Å². The fraction of sp³-hybridized carbons (Fsp3) is 0.208. The summed E-state index contributed by atoms with van der Waals surface area (Å²) in [7, 11) is 0. The number of para-hydroxylation sites is 2. The van der Waals surface area contributed by atoms with E-state index in [0.717, 1.165) is 28.2 Å². The second kappa shape index (κ2) is 8.61. The van der Waals surface area contributed by atoms with Crippen LogP contribution in [0.3, 0.4) is 0 Å². The molecule has 1 heterocycles. The molecule has 4 rings (SSSR count). The van der Waals surface area contributed by atoms with E-state index in [1.165, 1.54) is 0 Å². The van der Waals surface area contributed by atoms with Crippen LogP contribution >= 0.6 is 0 Å². The molecule has 4 heteroatoms. The van der Waals surface area contributed by atoms with Gasteiger partial charge in [0.15, 0.2) is 0 Å². The fourth-order valence-electron chi connectivity index (χ4n) is 3.42. The maximum atomic E-state index is 12.5. The number of amides is 1. The third-order valence-corrected chi connectivity index (χ3v) is 4.88. The minimum atomic E-state index is -0.161. The number of hydrogen-bond acceptors (Lipinski definition) is 3. The van der Waals surface area contributed by atoms with Gasteiger partial charge in [0.2, 0.25) is 5.91 Å². The van der Waals surface area contributed by atoms with Crippen molar-refractivity contribution in [1.82, 2.24) is 5.32 Å². The Labute approximate surface area is 165 Å². The molecule has 0 saturated carbocycles. The standard InChI is InChI=1S/C24H23NO3/c26-24(20-16-19-10-4-6-12-22(19)28-17-20)25-14-15-27-23-13-7-5-11-21(23)18-8-2-1-3-9-18/h1-13,20H,14-17H2,(H,25,26). The molecule has 1 aliphatic rings. The first kappa shape index (κ1) is 18.1. The molecule has 142 valence electrons. The van der Waals surface area contributed by atoms with Crippen LogP contribution in [0.25, 0.3) is 11.1 Å². The lowest BCUT2D eigenvalue weighted by molar-refractivity contribution is -0.126. The number of nitrogens with one attached hydrogen (secondary N) is 1.